The zero-order valence-corrected chi connectivity index (χ0v) is 28.6. The zero-order chi connectivity index (χ0) is 30.8. The summed E-state index contributed by atoms with van der Waals surface area (Å²) in [6, 6.07) is 0. The molecule has 0 saturated heterocycles. The molecule has 1 atom stereocenters. The Morgan fingerprint density at radius 1 is 0.429 bits per heavy atom. The second kappa shape index (κ2) is 34.4. The summed E-state index contributed by atoms with van der Waals surface area (Å²) < 4.78 is 6.01. The van der Waals surface area contributed by atoms with Crippen LogP contribution in [0.2, 0.25) is 0 Å². The van der Waals surface area contributed by atoms with Crippen molar-refractivity contribution in [3.8, 4) is 0 Å². The van der Waals surface area contributed by atoms with E-state index in [4.69, 9.17) is 9.84 Å². The van der Waals surface area contributed by atoms with Crippen LogP contribution >= 0.6 is 0 Å². The van der Waals surface area contributed by atoms with Crippen LogP contribution in [0.4, 0.5) is 0 Å². The highest BCUT2D eigenvalue weighted by atomic mass is 16.5. The number of carbonyl (C=O) groups is 2. The van der Waals surface area contributed by atoms with Crippen LogP contribution in [0.1, 0.15) is 226 Å². The second-order valence-electron chi connectivity index (χ2n) is 13.1. The summed E-state index contributed by atoms with van der Waals surface area (Å²) in [5, 5.41) is 8.77. The molecule has 250 valence electrons. The average Bonchev–Trinajstić information content (AvgIpc) is 2.97. The fraction of sp³-hybridized carbons (Fsp3) is 0.947. The summed E-state index contributed by atoms with van der Waals surface area (Å²) in [7, 11) is 0. The van der Waals surface area contributed by atoms with Gasteiger partial charge in [-0.25, -0.2) is 0 Å². The molecule has 0 rings (SSSR count). The van der Waals surface area contributed by atoms with Crippen LogP contribution in [0.25, 0.3) is 0 Å². The molecule has 0 heterocycles. The first-order valence-electron chi connectivity index (χ1n) is 19.0. The van der Waals surface area contributed by atoms with Crippen molar-refractivity contribution >= 4 is 11.9 Å². The standard InChI is InChI=1S/C38H74O4/c1-3-5-7-9-11-13-15-16-17-19-21-27-31-35-38(41)42-36(33-29-25-22-23-26-30-34-37(39)40)32-28-24-20-18-14-12-10-8-6-4-2/h36H,3-35H2,1-2H3,(H,39,40). The van der Waals surface area contributed by atoms with Crippen LogP contribution in [0.5, 0.6) is 0 Å². The highest BCUT2D eigenvalue weighted by molar-refractivity contribution is 5.69. The Kier molecular flexibility index (Phi) is 33.6. The van der Waals surface area contributed by atoms with Gasteiger partial charge >= 0.3 is 11.9 Å². The molecule has 0 bridgehead atoms. The monoisotopic (exact) mass is 595 g/mol. The van der Waals surface area contributed by atoms with Gasteiger partial charge in [-0.1, -0.05) is 174 Å². The molecule has 4 heteroatoms. The lowest BCUT2D eigenvalue weighted by molar-refractivity contribution is -0.150. The van der Waals surface area contributed by atoms with Crippen molar-refractivity contribution in [2.45, 2.75) is 232 Å². The molecular weight excluding hydrogens is 520 g/mol. The average molecular weight is 595 g/mol. The van der Waals surface area contributed by atoms with Gasteiger partial charge in [-0.3, -0.25) is 9.59 Å². The third kappa shape index (κ3) is 33.4. The summed E-state index contributed by atoms with van der Waals surface area (Å²) in [6.07, 6.45) is 39.7. The van der Waals surface area contributed by atoms with Crippen LogP contribution in [-0.2, 0) is 14.3 Å². The van der Waals surface area contributed by atoms with Gasteiger partial charge in [-0.15, -0.1) is 0 Å². The first-order valence-corrected chi connectivity index (χ1v) is 19.0. The van der Waals surface area contributed by atoms with Crippen LogP contribution in [0.3, 0.4) is 0 Å². The Labute approximate surface area is 262 Å². The molecule has 0 saturated carbocycles. The second-order valence-corrected chi connectivity index (χ2v) is 13.1. The zero-order valence-electron chi connectivity index (χ0n) is 28.6. The Morgan fingerprint density at radius 3 is 1.05 bits per heavy atom. The van der Waals surface area contributed by atoms with Gasteiger partial charge < -0.3 is 9.84 Å². The third-order valence-electron chi connectivity index (χ3n) is 8.83. The van der Waals surface area contributed by atoms with E-state index < -0.39 is 5.97 Å². The quantitative estimate of drug-likeness (QED) is 0.0585. The van der Waals surface area contributed by atoms with Crippen molar-refractivity contribution < 1.29 is 19.4 Å². The molecule has 0 aliphatic rings. The first kappa shape index (κ1) is 40.9. The van der Waals surface area contributed by atoms with E-state index in [0.29, 0.717) is 6.42 Å². The number of carboxylic acid groups (broad SMARTS) is 1. The maximum absolute atomic E-state index is 12.6. The number of carboxylic acids is 1. The van der Waals surface area contributed by atoms with Crippen molar-refractivity contribution in [2.24, 2.45) is 0 Å². The normalized spacial score (nSPS) is 12.0. The SMILES string of the molecule is CCCCCCCCCCCCCCCC(=O)OC(CCCCCCCCCCCC)CCCCCCCCC(=O)O. The summed E-state index contributed by atoms with van der Waals surface area (Å²) in [5.74, 6) is -0.672. The van der Waals surface area contributed by atoms with Crippen molar-refractivity contribution in [2.75, 3.05) is 0 Å². The van der Waals surface area contributed by atoms with E-state index in [1.807, 2.05) is 0 Å². The number of hydrogen-bond acceptors (Lipinski definition) is 3. The van der Waals surface area contributed by atoms with E-state index in [1.165, 1.54) is 135 Å². The number of esters is 1. The van der Waals surface area contributed by atoms with Gasteiger partial charge in [0.25, 0.3) is 0 Å². The fourth-order valence-corrected chi connectivity index (χ4v) is 6.01. The maximum atomic E-state index is 12.6. The minimum absolute atomic E-state index is 0.0174. The van der Waals surface area contributed by atoms with Gasteiger partial charge in [0, 0.05) is 12.8 Å². The molecule has 42 heavy (non-hydrogen) atoms. The number of rotatable bonds is 35. The number of aliphatic carboxylic acids is 1. The highest BCUT2D eigenvalue weighted by Crippen LogP contribution is 2.19. The van der Waals surface area contributed by atoms with Crippen LogP contribution < -0.4 is 0 Å². The van der Waals surface area contributed by atoms with Gasteiger partial charge in [-0.05, 0) is 38.5 Å². The summed E-state index contributed by atoms with van der Waals surface area (Å²) >= 11 is 0. The lowest BCUT2D eigenvalue weighted by Gasteiger charge is -2.18. The van der Waals surface area contributed by atoms with Crippen molar-refractivity contribution in [3.63, 3.8) is 0 Å². The van der Waals surface area contributed by atoms with E-state index in [9.17, 15) is 9.59 Å². The molecule has 0 spiro atoms. The number of ether oxygens (including phenoxy) is 1. The Bertz CT molecular complexity index is 561. The van der Waals surface area contributed by atoms with E-state index in [1.54, 1.807) is 0 Å². The summed E-state index contributed by atoms with van der Waals surface area (Å²) in [4.78, 5) is 23.3. The van der Waals surface area contributed by atoms with Crippen molar-refractivity contribution in [3.05, 3.63) is 0 Å². The topological polar surface area (TPSA) is 63.6 Å². The van der Waals surface area contributed by atoms with E-state index in [0.717, 1.165) is 64.2 Å². The van der Waals surface area contributed by atoms with Crippen LogP contribution in [0.15, 0.2) is 0 Å². The molecule has 0 radical (unpaired) electrons. The Balaban J connectivity index is 4.01. The van der Waals surface area contributed by atoms with Crippen molar-refractivity contribution in [1.29, 1.82) is 0 Å². The van der Waals surface area contributed by atoms with E-state index >= 15 is 0 Å². The first-order chi connectivity index (χ1) is 20.6. The highest BCUT2D eigenvalue weighted by Gasteiger charge is 2.14. The molecule has 1 N–H and O–H groups in total. The predicted octanol–water partition coefficient (Wildman–Crippen LogP) is 12.9. The van der Waals surface area contributed by atoms with Gasteiger partial charge in [0.15, 0.2) is 0 Å². The van der Waals surface area contributed by atoms with Crippen molar-refractivity contribution in [1.82, 2.24) is 0 Å². The maximum Gasteiger partial charge on any atom is 0.306 e. The number of carbonyl (C=O) groups excluding carboxylic acids is 1. The Morgan fingerprint density at radius 2 is 0.714 bits per heavy atom. The molecule has 0 fully saturated rings. The third-order valence-corrected chi connectivity index (χ3v) is 8.83. The Hall–Kier alpha value is -1.06. The van der Waals surface area contributed by atoms with Gasteiger partial charge in [-0.2, -0.15) is 0 Å². The van der Waals surface area contributed by atoms with E-state index in [2.05, 4.69) is 13.8 Å². The van der Waals surface area contributed by atoms with Gasteiger partial charge in [0.05, 0.1) is 0 Å². The molecule has 0 aliphatic heterocycles. The lowest BCUT2D eigenvalue weighted by Crippen LogP contribution is -2.18. The molecule has 0 aromatic heterocycles. The van der Waals surface area contributed by atoms with Crippen LogP contribution in [-0.4, -0.2) is 23.1 Å². The van der Waals surface area contributed by atoms with Gasteiger partial charge in [0.2, 0.25) is 0 Å². The largest absolute Gasteiger partial charge is 0.481 e. The number of unbranched alkanes of at least 4 members (excludes halogenated alkanes) is 26. The van der Waals surface area contributed by atoms with E-state index in [-0.39, 0.29) is 18.5 Å². The molecule has 0 aromatic rings. The smallest absolute Gasteiger partial charge is 0.306 e. The van der Waals surface area contributed by atoms with Crippen LogP contribution in [0, 0.1) is 0 Å². The minimum Gasteiger partial charge on any atom is -0.481 e. The predicted molar refractivity (Wildman–Crippen MR) is 181 cm³/mol. The molecule has 0 aliphatic carbocycles. The van der Waals surface area contributed by atoms with Gasteiger partial charge in [0.1, 0.15) is 6.10 Å². The lowest BCUT2D eigenvalue weighted by atomic mass is 10.0. The molecule has 0 amide bonds. The summed E-state index contributed by atoms with van der Waals surface area (Å²) in [5.41, 5.74) is 0. The molecule has 4 nitrogen and oxygen atoms in total. The molecular formula is C38H74O4. The molecule has 1 unspecified atom stereocenters. The molecule has 0 aromatic carbocycles. The number of hydrogen-bond donors (Lipinski definition) is 1. The fourth-order valence-electron chi connectivity index (χ4n) is 6.01. The summed E-state index contributed by atoms with van der Waals surface area (Å²) in [6.45, 7) is 4.55. The minimum atomic E-state index is -0.689.